The van der Waals surface area contributed by atoms with E-state index in [2.05, 4.69) is 35.1 Å². The number of amides is 1. The minimum Gasteiger partial charge on any atom is -0.379 e. The molecular weight excluding hydrogens is 480 g/mol. The molecular formula is C23H29BrN2O4S. The summed E-state index contributed by atoms with van der Waals surface area (Å²) in [6.07, 6.45) is 2.54. The van der Waals surface area contributed by atoms with Gasteiger partial charge in [0.25, 0.3) is 0 Å². The molecule has 0 saturated carbocycles. The summed E-state index contributed by atoms with van der Waals surface area (Å²) >= 11 is 3.54. The molecule has 1 amide bonds. The molecule has 0 unspecified atom stereocenters. The minimum absolute atomic E-state index is 0.0447. The van der Waals surface area contributed by atoms with Gasteiger partial charge < -0.3 is 10.1 Å². The molecule has 1 aliphatic heterocycles. The Morgan fingerprint density at radius 1 is 1.06 bits per heavy atom. The maximum absolute atomic E-state index is 12.7. The van der Waals surface area contributed by atoms with E-state index >= 15 is 0 Å². The van der Waals surface area contributed by atoms with Crippen molar-refractivity contribution in [3.8, 4) is 0 Å². The fourth-order valence-corrected chi connectivity index (χ4v) is 5.63. The van der Waals surface area contributed by atoms with Crippen molar-refractivity contribution in [2.24, 2.45) is 0 Å². The Balaban J connectivity index is 1.62. The van der Waals surface area contributed by atoms with Crippen molar-refractivity contribution < 1.29 is 17.9 Å². The summed E-state index contributed by atoms with van der Waals surface area (Å²) in [6, 6.07) is 10.9. The van der Waals surface area contributed by atoms with Crippen LogP contribution >= 0.6 is 15.9 Å². The van der Waals surface area contributed by atoms with Crippen molar-refractivity contribution in [1.29, 1.82) is 0 Å². The largest absolute Gasteiger partial charge is 0.379 e. The van der Waals surface area contributed by atoms with E-state index in [-0.39, 0.29) is 10.8 Å². The number of nitrogens with zero attached hydrogens (tertiary/aromatic N) is 1. The molecule has 1 aliphatic rings. The van der Waals surface area contributed by atoms with E-state index in [1.54, 1.807) is 24.3 Å². The Labute approximate surface area is 193 Å². The van der Waals surface area contributed by atoms with E-state index in [0.29, 0.717) is 39.1 Å². The first-order valence-electron chi connectivity index (χ1n) is 10.6. The normalized spacial score (nSPS) is 15.1. The zero-order chi connectivity index (χ0) is 22.4. The molecule has 0 spiro atoms. The first-order chi connectivity index (χ1) is 14.8. The van der Waals surface area contributed by atoms with Crippen LogP contribution in [0.25, 0.3) is 0 Å². The fourth-order valence-electron chi connectivity index (χ4n) is 3.67. The smallest absolute Gasteiger partial charge is 0.243 e. The van der Waals surface area contributed by atoms with Crippen LogP contribution in [0.4, 0.5) is 5.69 Å². The summed E-state index contributed by atoms with van der Waals surface area (Å²) in [5.74, 6) is -0.0447. The van der Waals surface area contributed by atoms with E-state index in [9.17, 15) is 13.2 Å². The number of morpholine rings is 1. The van der Waals surface area contributed by atoms with Crippen molar-refractivity contribution in [3.63, 3.8) is 0 Å². The second-order valence-electron chi connectivity index (χ2n) is 7.51. The molecule has 1 N–H and O–H groups in total. The summed E-state index contributed by atoms with van der Waals surface area (Å²) in [7, 11) is -3.50. The highest BCUT2D eigenvalue weighted by molar-refractivity contribution is 9.10. The zero-order valence-electron chi connectivity index (χ0n) is 18.0. The molecule has 168 valence electrons. The minimum atomic E-state index is -3.50. The van der Waals surface area contributed by atoms with E-state index in [1.807, 2.05) is 12.1 Å². The lowest BCUT2D eigenvalue weighted by molar-refractivity contribution is -0.116. The van der Waals surface area contributed by atoms with Gasteiger partial charge in [-0.05, 0) is 60.2 Å². The summed E-state index contributed by atoms with van der Waals surface area (Å²) in [4.78, 5) is 12.9. The molecule has 0 atom stereocenters. The molecule has 0 radical (unpaired) electrons. The van der Waals surface area contributed by atoms with Gasteiger partial charge in [0.15, 0.2) is 0 Å². The highest BCUT2D eigenvalue weighted by Gasteiger charge is 2.26. The van der Waals surface area contributed by atoms with Gasteiger partial charge in [-0.25, -0.2) is 8.42 Å². The number of rotatable bonds is 8. The van der Waals surface area contributed by atoms with E-state index < -0.39 is 10.0 Å². The van der Waals surface area contributed by atoms with Crippen LogP contribution in [0.2, 0.25) is 0 Å². The predicted molar refractivity (Wildman–Crippen MR) is 126 cm³/mol. The molecule has 1 heterocycles. The highest BCUT2D eigenvalue weighted by atomic mass is 79.9. The number of carbonyl (C=O) groups excluding carboxylic acids is 1. The molecule has 0 bridgehead atoms. The van der Waals surface area contributed by atoms with Gasteiger partial charge in [-0.15, -0.1) is 0 Å². The Bertz CT molecular complexity index is 991. The molecule has 0 aliphatic carbocycles. The van der Waals surface area contributed by atoms with E-state index in [0.717, 1.165) is 39.7 Å². The second-order valence-corrected chi connectivity index (χ2v) is 10.4. The van der Waals surface area contributed by atoms with Crippen LogP contribution in [0, 0.1) is 0 Å². The van der Waals surface area contributed by atoms with Gasteiger partial charge in [-0.1, -0.05) is 41.9 Å². The molecule has 1 saturated heterocycles. The predicted octanol–water partition coefficient (Wildman–Crippen LogP) is 4.17. The Morgan fingerprint density at radius 2 is 1.65 bits per heavy atom. The lowest BCUT2D eigenvalue weighted by Crippen LogP contribution is -2.40. The average Bonchev–Trinajstić information content (AvgIpc) is 2.79. The van der Waals surface area contributed by atoms with Crippen molar-refractivity contribution in [1.82, 2.24) is 4.31 Å². The number of nitrogens with one attached hydrogen (secondary N) is 1. The number of hydrogen-bond donors (Lipinski definition) is 1. The molecule has 2 aromatic carbocycles. The summed E-state index contributed by atoms with van der Waals surface area (Å²) < 4.78 is 33.1. The van der Waals surface area contributed by atoms with Crippen LogP contribution in [-0.4, -0.2) is 44.9 Å². The third kappa shape index (κ3) is 5.94. The van der Waals surface area contributed by atoms with Crippen LogP contribution in [0.15, 0.2) is 45.8 Å². The van der Waals surface area contributed by atoms with Gasteiger partial charge in [-0.3, -0.25) is 4.79 Å². The third-order valence-electron chi connectivity index (χ3n) is 5.46. The monoisotopic (exact) mass is 508 g/mol. The number of carbonyl (C=O) groups is 1. The molecule has 1 fully saturated rings. The van der Waals surface area contributed by atoms with E-state index in [1.165, 1.54) is 4.31 Å². The van der Waals surface area contributed by atoms with Crippen LogP contribution < -0.4 is 5.32 Å². The van der Waals surface area contributed by atoms with Crippen molar-refractivity contribution in [2.45, 2.75) is 44.4 Å². The van der Waals surface area contributed by atoms with Crippen molar-refractivity contribution in [2.75, 3.05) is 31.6 Å². The van der Waals surface area contributed by atoms with Gasteiger partial charge in [-0.2, -0.15) is 4.31 Å². The maximum Gasteiger partial charge on any atom is 0.243 e. The molecule has 8 heteroatoms. The van der Waals surface area contributed by atoms with Gasteiger partial charge in [0, 0.05) is 29.7 Å². The first kappa shape index (κ1) is 23.9. The molecule has 31 heavy (non-hydrogen) atoms. The second kappa shape index (κ2) is 10.7. The number of sulfonamides is 1. The summed E-state index contributed by atoms with van der Waals surface area (Å²) in [5.41, 5.74) is 4.05. The number of benzene rings is 2. The molecule has 3 rings (SSSR count). The quantitative estimate of drug-likeness (QED) is 0.580. The van der Waals surface area contributed by atoms with Crippen molar-refractivity contribution in [3.05, 3.63) is 57.6 Å². The SMILES string of the molecule is CCc1cc(Br)cc(CC)c1NC(=O)CCc1ccc(S(=O)(=O)N2CCOCC2)cc1. The standard InChI is InChI=1S/C23H29BrN2O4S/c1-3-18-15-20(24)16-19(4-2)23(18)25-22(27)10-7-17-5-8-21(9-6-17)31(28,29)26-11-13-30-14-12-26/h5-6,8-9,15-16H,3-4,7,10-14H2,1-2H3,(H,25,27). The number of anilines is 1. The molecule has 6 nitrogen and oxygen atoms in total. The lowest BCUT2D eigenvalue weighted by atomic mass is 10.0. The molecule has 2 aromatic rings. The molecule has 0 aromatic heterocycles. The topological polar surface area (TPSA) is 75.7 Å². The number of halogens is 1. The number of aryl methyl sites for hydroxylation is 3. The summed E-state index contributed by atoms with van der Waals surface area (Å²) in [6.45, 7) is 5.74. The fraction of sp³-hybridized carbons (Fsp3) is 0.435. The number of ether oxygens (including phenoxy) is 1. The maximum atomic E-state index is 12.7. The van der Waals surface area contributed by atoms with Crippen LogP contribution in [-0.2, 0) is 38.8 Å². The average molecular weight is 509 g/mol. The van der Waals surface area contributed by atoms with Gasteiger partial charge in [0.1, 0.15) is 0 Å². The van der Waals surface area contributed by atoms with Crippen LogP contribution in [0.1, 0.15) is 37.0 Å². The number of hydrogen-bond acceptors (Lipinski definition) is 4. The van der Waals surface area contributed by atoms with E-state index in [4.69, 9.17) is 4.74 Å². The van der Waals surface area contributed by atoms with Gasteiger partial charge in [0.2, 0.25) is 15.9 Å². The van der Waals surface area contributed by atoms with Crippen molar-refractivity contribution >= 4 is 37.5 Å². The Kier molecular flexibility index (Phi) is 8.27. The van der Waals surface area contributed by atoms with Gasteiger partial charge >= 0.3 is 0 Å². The Hall–Kier alpha value is -1.74. The van der Waals surface area contributed by atoms with Crippen LogP contribution in [0.5, 0.6) is 0 Å². The van der Waals surface area contributed by atoms with Crippen LogP contribution in [0.3, 0.4) is 0 Å². The zero-order valence-corrected chi connectivity index (χ0v) is 20.4. The first-order valence-corrected chi connectivity index (χ1v) is 12.9. The van der Waals surface area contributed by atoms with Gasteiger partial charge in [0.05, 0.1) is 18.1 Å². The lowest BCUT2D eigenvalue weighted by Gasteiger charge is -2.26. The summed E-state index contributed by atoms with van der Waals surface area (Å²) in [5, 5.41) is 3.08. The third-order valence-corrected chi connectivity index (χ3v) is 7.84. The highest BCUT2D eigenvalue weighted by Crippen LogP contribution is 2.28. The Morgan fingerprint density at radius 3 is 2.19 bits per heavy atom.